The maximum atomic E-state index is 12.1. The van der Waals surface area contributed by atoms with Crippen LogP contribution in [0.3, 0.4) is 0 Å². The predicted octanol–water partition coefficient (Wildman–Crippen LogP) is 2.79. The van der Waals surface area contributed by atoms with Crippen LogP contribution in [0.4, 0.5) is 18.9 Å². The molecule has 2 aromatic rings. The highest BCUT2D eigenvalue weighted by atomic mass is 19.4. The fraction of sp³-hybridized carbons (Fsp3) is 0.273. The molecule has 1 aromatic heterocycles. The van der Waals surface area contributed by atoms with Gasteiger partial charge < -0.3 is 9.84 Å². The van der Waals surface area contributed by atoms with Gasteiger partial charge in [0.1, 0.15) is 6.42 Å². The van der Waals surface area contributed by atoms with Gasteiger partial charge in [-0.05, 0) is 12.1 Å². The van der Waals surface area contributed by atoms with Gasteiger partial charge in [0.05, 0.1) is 6.54 Å². The van der Waals surface area contributed by atoms with Gasteiger partial charge in [-0.3, -0.25) is 0 Å². The lowest BCUT2D eigenvalue weighted by Crippen LogP contribution is -2.12. The van der Waals surface area contributed by atoms with E-state index in [9.17, 15) is 13.2 Å². The highest BCUT2D eigenvalue weighted by molar-refractivity contribution is 5.42. The summed E-state index contributed by atoms with van der Waals surface area (Å²) >= 11 is 0. The minimum atomic E-state index is -4.33. The van der Waals surface area contributed by atoms with E-state index in [1.54, 1.807) is 0 Å². The SMILES string of the molecule is FC(F)(F)Cc1noc(CNc2ccccc2)n1. The van der Waals surface area contributed by atoms with Gasteiger partial charge in [0.2, 0.25) is 5.89 Å². The summed E-state index contributed by atoms with van der Waals surface area (Å²) in [5.41, 5.74) is 0.827. The Kier molecular flexibility index (Phi) is 3.50. The Morgan fingerprint density at radius 3 is 2.56 bits per heavy atom. The van der Waals surface area contributed by atoms with E-state index >= 15 is 0 Å². The summed E-state index contributed by atoms with van der Waals surface area (Å²) in [7, 11) is 0. The molecule has 0 saturated heterocycles. The van der Waals surface area contributed by atoms with Crippen molar-refractivity contribution in [2.45, 2.75) is 19.1 Å². The zero-order valence-corrected chi connectivity index (χ0v) is 9.24. The molecule has 0 spiro atoms. The van der Waals surface area contributed by atoms with Gasteiger partial charge in [0, 0.05) is 5.69 Å². The van der Waals surface area contributed by atoms with Gasteiger partial charge in [-0.2, -0.15) is 18.2 Å². The van der Waals surface area contributed by atoms with Crippen molar-refractivity contribution in [2.24, 2.45) is 0 Å². The second-order valence-corrected chi connectivity index (χ2v) is 3.62. The maximum Gasteiger partial charge on any atom is 0.396 e. The van der Waals surface area contributed by atoms with E-state index in [-0.39, 0.29) is 18.3 Å². The van der Waals surface area contributed by atoms with Crippen molar-refractivity contribution in [3.05, 3.63) is 42.0 Å². The fourth-order valence-corrected chi connectivity index (χ4v) is 1.35. The van der Waals surface area contributed by atoms with Crippen molar-refractivity contribution in [1.29, 1.82) is 0 Å². The lowest BCUT2D eigenvalue weighted by atomic mass is 10.3. The van der Waals surface area contributed by atoms with Gasteiger partial charge in [-0.1, -0.05) is 23.4 Å². The number of aromatic nitrogens is 2. The van der Waals surface area contributed by atoms with E-state index < -0.39 is 12.6 Å². The summed E-state index contributed by atoms with van der Waals surface area (Å²) in [6.07, 6.45) is -5.50. The lowest BCUT2D eigenvalue weighted by Gasteiger charge is -2.01. The number of alkyl halides is 3. The number of nitrogens with zero attached hydrogens (tertiary/aromatic N) is 2. The van der Waals surface area contributed by atoms with Crippen molar-refractivity contribution >= 4 is 5.69 Å². The van der Waals surface area contributed by atoms with E-state index in [4.69, 9.17) is 4.52 Å². The average molecular weight is 257 g/mol. The summed E-state index contributed by atoms with van der Waals surface area (Å²) in [5.74, 6) is -0.231. The van der Waals surface area contributed by atoms with Crippen LogP contribution >= 0.6 is 0 Å². The first-order chi connectivity index (χ1) is 8.53. The Hall–Kier alpha value is -2.05. The average Bonchev–Trinajstić information content (AvgIpc) is 2.73. The number of rotatable bonds is 4. The molecule has 0 aliphatic rings. The number of hydrogen-bond donors (Lipinski definition) is 1. The molecule has 0 unspecified atom stereocenters. The summed E-state index contributed by atoms with van der Waals surface area (Å²) in [6, 6.07) is 9.19. The quantitative estimate of drug-likeness (QED) is 0.915. The van der Waals surface area contributed by atoms with Crippen LogP contribution in [0, 0.1) is 0 Å². The molecule has 0 atom stereocenters. The van der Waals surface area contributed by atoms with Crippen molar-refractivity contribution < 1.29 is 17.7 Å². The van der Waals surface area contributed by atoms with Crippen LogP contribution < -0.4 is 5.32 Å². The number of halogens is 3. The molecule has 1 N–H and O–H groups in total. The van der Waals surface area contributed by atoms with Crippen LogP contribution in [0.25, 0.3) is 0 Å². The van der Waals surface area contributed by atoms with Crippen molar-refractivity contribution in [1.82, 2.24) is 10.1 Å². The molecule has 0 aliphatic carbocycles. The van der Waals surface area contributed by atoms with Crippen LogP contribution in [0.2, 0.25) is 0 Å². The molecule has 18 heavy (non-hydrogen) atoms. The third-order valence-electron chi connectivity index (χ3n) is 2.09. The number of nitrogens with one attached hydrogen (secondary N) is 1. The second kappa shape index (κ2) is 5.07. The normalized spacial score (nSPS) is 11.5. The molecular formula is C11H10F3N3O. The van der Waals surface area contributed by atoms with Crippen LogP contribution in [0.5, 0.6) is 0 Å². The van der Waals surface area contributed by atoms with E-state index in [2.05, 4.69) is 15.5 Å². The Morgan fingerprint density at radius 1 is 1.17 bits per heavy atom. The second-order valence-electron chi connectivity index (χ2n) is 3.62. The molecule has 0 aliphatic heterocycles. The monoisotopic (exact) mass is 257 g/mol. The Labute approximate surface area is 101 Å². The molecule has 0 bridgehead atoms. The van der Waals surface area contributed by atoms with Crippen molar-refractivity contribution in [3.63, 3.8) is 0 Å². The molecular weight excluding hydrogens is 247 g/mol. The summed E-state index contributed by atoms with van der Waals surface area (Å²) in [4.78, 5) is 3.65. The number of hydrogen-bond acceptors (Lipinski definition) is 4. The number of benzene rings is 1. The Bertz CT molecular complexity index is 496. The number of anilines is 1. The molecule has 0 radical (unpaired) electrons. The van der Waals surface area contributed by atoms with Gasteiger partial charge in [0.15, 0.2) is 5.82 Å². The molecule has 0 amide bonds. The topological polar surface area (TPSA) is 51.0 Å². The minimum Gasteiger partial charge on any atom is -0.376 e. The summed E-state index contributed by atoms with van der Waals surface area (Å²) in [6.45, 7) is 0.189. The highest BCUT2D eigenvalue weighted by Gasteiger charge is 2.30. The standard InChI is InChI=1S/C11H10F3N3O/c12-11(13,14)6-9-16-10(18-17-9)7-15-8-4-2-1-3-5-8/h1-5,15H,6-7H2. The van der Waals surface area contributed by atoms with E-state index in [0.717, 1.165) is 5.69 Å². The molecule has 1 aromatic carbocycles. The van der Waals surface area contributed by atoms with Crippen molar-refractivity contribution in [2.75, 3.05) is 5.32 Å². The first-order valence-corrected chi connectivity index (χ1v) is 5.20. The van der Waals surface area contributed by atoms with Gasteiger partial charge in [0.25, 0.3) is 0 Å². The minimum absolute atomic E-state index is 0.123. The molecule has 0 saturated carbocycles. The van der Waals surface area contributed by atoms with E-state index in [1.165, 1.54) is 0 Å². The van der Waals surface area contributed by atoms with Crippen LogP contribution in [-0.2, 0) is 13.0 Å². The molecule has 0 fully saturated rings. The molecule has 96 valence electrons. The highest BCUT2D eigenvalue weighted by Crippen LogP contribution is 2.19. The largest absolute Gasteiger partial charge is 0.396 e. The molecule has 7 heteroatoms. The zero-order valence-electron chi connectivity index (χ0n) is 9.24. The Morgan fingerprint density at radius 2 is 1.89 bits per heavy atom. The van der Waals surface area contributed by atoms with Crippen molar-refractivity contribution in [3.8, 4) is 0 Å². The first kappa shape index (κ1) is 12.4. The van der Waals surface area contributed by atoms with E-state index in [1.807, 2.05) is 30.3 Å². The Balaban J connectivity index is 1.91. The zero-order chi connectivity index (χ0) is 13.0. The van der Waals surface area contributed by atoms with Gasteiger partial charge >= 0.3 is 6.18 Å². The third-order valence-corrected chi connectivity index (χ3v) is 2.09. The predicted molar refractivity (Wildman–Crippen MR) is 57.8 cm³/mol. The molecule has 4 nitrogen and oxygen atoms in total. The summed E-state index contributed by atoms with van der Waals surface area (Å²) < 4.78 is 40.9. The molecule has 1 heterocycles. The van der Waals surface area contributed by atoms with Crippen LogP contribution in [-0.4, -0.2) is 16.3 Å². The first-order valence-electron chi connectivity index (χ1n) is 5.20. The smallest absolute Gasteiger partial charge is 0.376 e. The number of para-hydroxylation sites is 1. The van der Waals surface area contributed by atoms with Gasteiger partial charge in [-0.15, -0.1) is 0 Å². The molecule has 2 rings (SSSR count). The van der Waals surface area contributed by atoms with Gasteiger partial charge in [-0.25, -0.2) is 0 Å². The lowest BCUT2D eigenvalue weighted by molar-refractivity contribution is -0.128. The summed E-state index contributed by atoms with van der Waals surface area (Å²) in [5, 5.41) is 6.23. The fourth-order valence-electron chi connectivity index (χ4n) is 1.35. The van der Waals surface area contributed by atoms with E-state index in [0.29, 0.717) is 0 Å². The van der Waals surface area contributed by atoms with Crippen LogP contribution in [0.15, 0.2) is 34.9 Å². The van der Waals surface area contributed by atoms with Crippen LogP contribution in [0.1, 0.15) is 11.7 Å². The maximum absolute atomic E-state index is 12.1. The third kappa shape index (κ3) is 3.76.